The van der Waals surface area contributed by atoms with Crippen LogP contribution in [0.5, 0.6) is 0 Å². The van der Waals surface area contributed by atoms with Crippen LogP contribution in [0.2, 0.25) is 0 Å². The van der Waals surface area contributed by atoms with Crippen molar-refractivity contribution in [2.75, 3.05) is 25.4 Å². The van der Waals surface area contributed by atoms with Crippen LogP contribution in [0.25, 0.3) is 5.69 Å². The average Bonchev–Trinajstić information content (AvgIpc) is 3.08. The summed E-state index contributed by atoms with van der Waals surface area (Å²) in [4.78, 5) is 14.3. The second-order valence-electron chi connectivity index (χ2n) is 5.80. The van der Waals surface area contributed by atoms with Gasteiger partial charge in [-0.2, -0.15) is 0 Å². The van der Waals surface area contributed by atoms with Crippen LogP contribution in [0.3, 0.4) is 0 Å². The van der Waals surface area contributed by atoms with E-state index in [4.69, 9.17) is 4.74 Å². The van der Waals surface area contributed by atoms with Gasteiger partial charge in [0.1, 0.15) is 6.33 Å². The highest BCUT2D eigenvalue weighted by atomic mass is 32.2. The summed E-state index contributed by atoms with van der Waals surface area (Å²) in [6.07, 6.45) is 2.78. The van der Waals surface area contributed by atoms with E-state index in [9.17, 15) is 4.79 Å². The zero-order chi connectivity index (χ0) is 16.9. The number of rotatable bonds is 5. The monoisotopic (exact) mass is 346 g/mol. The third kappa shape index (κ3) is 3.79. The molecule has 1 aromatic heterocycles. The average molecular weight is 346 g/mol. The van der Waals surface area contributed by atoms with Gasteiger partial charge in [-0.3, -0.25) is 9.36 Å². The maximum atomic E-state index is 12.5. The Morgan fingerprint density at radius 1 is 1.42 bits per heavy atom. The number of hydrogen-bond donors (Lipinski definition) is 0. The standard InChI is InChI=1S/C17H22N4O2S/c1-3-14-10-20(8-9-23-14)16(22)11-24-17-19-18-12-21(17)15-7-5-4-6-13(15)2/h4-7,12,14H,3,8-11H2,1-2H3/t14-/m0/s1. The van der Waals surface area contributed by atoms with Gasteiger partial charge in [-0.15, -0.1) is 10.2 Å². The number of aromatic nitrogens is 3. The predicted molar refractivity (Wildman–Crippen MR) is 93.4 cm³/mol. The van der Waals surface area contributed by atoms with E-state index in [0.717, 1.165) is 22.8 Å². The van der Waals surface area contributed by atoms with E-state index >= 15 is 0 Å². The number of aryl methyl sites for hydroxylation is 1. The van der Waals surface area contributed by atoms with Gasteiger partial charge in [-0.05, 0) is 25.0 Å². The van der Waals surface area contributed by atoms with Crippen molar-refractivity contribution in [1.82, 2.24) is 19.7 Å². The molecule has 2 heterocycles. The molecule has 1 atom stereocenters. The van der Waals surface area contributed by atoms with Crippen LogP contribution in [0.1, 0.15) is 18.9 Å². The first-order valence-corrected chi connectivity index (χ1v) is 9.15. The minimum atomic E-state index is 0.126. The molecule has 2 aromatic rings. The van der Waals surface area contributed by atoms with Crippen LogP contribution in [-0.2, 0) is 9.53 Å². The summed E-state index contributed by atoms with van der Waals surface area (Å²) in [7, 11) is 0. The molecule has 1 saturated heterocycles. The molecule has 0 saturated carbocycles. The SMILES string of the molecule is CC[C@H]1CN(C(=O)CSc2nncn2-c2ccccc2C)CCO1. The molecule has 0 aliphatic carbocycles. The van der Waals surface area contributed by atoms with Gasteiger partial charge in [0.15, 0.2) is 5.16 Å². The highest BCUT2D eigenvalue weighted by Gasteiger charge is 2.23. The van der Waals surface area contributed by atoms with Crippen molar-refractivity contribution in [3.8, 4) is 5.69 Å². The molecule has 0 N–H and O–H groups in total. The quantitative estimate of drug-likeness (QED) is 0.778. The van der Waals surface area contributed by atoms with E-state index < -0.39 is 0 Å². The molecule has 0 unspecified atom stereocenters. The van der Waals surface area contributed by atoms with Gasteiger partial charge >= 0.3 is 0 Å². The summed E-state index contributed by atoms with van der Waals surface area (Å²) < 4.78 is 7.55. The van der Waals surface area contributed by atoms with Crippen molar-refractivity contribution in [1.29, 1.82) is 0 Å². The third-order valence-corrected chi connectivity index (χ3v) is 5.09. The fourth-order valence-corrected chi connectivity index (χ4v) is 3.56. The largest absolute Gasteiger partial charge is 0.375 e. The van der Waals surface area contributed by atoms with Crippen molar-refractivity contribution < 1.29 is 9.53 Å². The molecule has 1 aliphatic rings. The fraction of sp³-hybridized carbons (Fsp3) is 0.471. The Hall–Kier alpha value is -1.86. The lowest BCUT2D eigenvalue weighted by molar-refractivity contribution is -0.135. The summed E-state index contributed by atoms with van der Waals surface area (Å²) >= 11 is 1.43. The Kier molecular flexibility index (Phi) is 5.52. The van der Waals surface area contributed by atoms with Gasteiger partial charge in [0, 0.05) is 13.1 Å². The number of hydrogen-bond acceptors (Lipinski definition) is 5. The minimum absolute atomic E-state index is 0.126. The zero-order valence-corrected chi connectivity index (χ0v) is 14.8. The van der Waals surface area contributed by atoms with Crippen LogP contribution in [-0.4, -0.2) is 57.1 Å². The number of thioether (sulfide) groups is 1. The molecule has 1 aliphatic heterocycles. The van der Waals surface area contributed by atoms with E-state index in [1.54, 1.807) is 6.33 Å². The van der Waals surface area contributed by atoms with Gasteiger partial charge in [-0.1, -0.05) is 36.9 Å². The summed E-state index contributed by atoms with van der Waals surface area (Å²) in [6.45, 7) is 6.10. The molecule has 3 rings (SSSR count). The molecule has 0 radical (unpaired) electrons. The normalized spacial score (nSPS) is 17.9. The van der Waals surface area contributed by atoms with Crippen molar-refractivity contribution in [2.45, 2.75) is 31.5 Å². The van der Waals surface area contributed by atoms with Crippen molar-refractivity contribution in [2.24, 2.45) is 0 Å². The number of carbonyl (C=O) groups is 1. The molecule has 24 heavy (non-hydrogen) atoms. The number of ether oxygens (including phenoxy) is 1. The molecule has 128 valence electrons. The van der Waals surface area contributed by atoms with Gasteiger partial charge in [0.05, 0.1) is 24.2 Å². The Morgan fingerprint density at radius 2 is 2.25 bits per heavy atom. The second kappa shape index (κ2) is 7.81. The number of carbonyl (C=O) groups excluding carboxylic acids is 1. The van der Waals surface area contributed by atoms with Crippen LogP contribution in [0, 0.1) is 6.92 Å². The summed E-state index contributed by atoms with van der Waals surface area (Å²) in [6, 6.07) is 8.06. The smallest absolute Gasteiger partial charge is 0.233 e. The van der Waals surface area contributed by atoms with Crippen LogP contribution >= 0.6 is 11.8 Å². The van der Waals surface area contributed by atoms with E-state index in [-0.39, 0.29) is 12.0 Å². The van der Waals surface area contributed by atoms with Crippen LogP contribution in [0.4, 0.5) is 0 Å². The number of para-hydroxylation sites is 1. The van der Waals surface area contributed by atoms with E-state index in [2.05, 4.69) is 17.1 Å². The van der Waals surface area contributed by atoms with E-state index in [0.29, 0.717) is 25.4 Å². The topological polar surface area (TPSA) is 60.2 Å². The third-order valence-electron chi connectivity index (χ3n) is 4.16. The van der Waals surface area contributed by atoms with Crippen LogP contribution in [0.15, 0.2) is 35.7 Å². The first-order valence-electron chi connectivity index (χ1n) is 8.17. The first kappa shape index (κ1) is 17.0. The Morgan fingerprint density at radius 3 is 3.04 bits per heavy atom. The highest BCUT2D eigenvalue weighted by Crippen LogP contribution is 2.22. The second-order valence-corrected chi connectivity index (χ2v) is 6.74. The molecule has 1 aromatic carbocycles. The molecule has 1 fully saturated rings. The molecular formula is C17H22N4O2S. The first-order chi connectivity index (χ1) is 11.7. The van der Waals surface area contributed by atoms with Gasteiger partial charge in [0.2, 0.25) is 5.91 Å². The molecular weight excluding hydrogens is 324 g/mol. The van der Waals surface area contributed by atoms with Gasteiger partial charge in [-0.25, -0.2) is 0 Å². The molecule has 0 spiro atoms. The molecule has 0 bridgehead atoms. The number of amides is 1. The minimum Gasteiger partial charge on any atom is -0.375 e. The van der Waals surface area contributed by atoms with E-state index in [1.165, 1.54) is 11.8 Å². The number of benzene rings is 1. The molecule has 6 nitrogen and oxygen atoms in total. The Labute approximate surface area is 146 Å². The molecule has 1 amide bonds. The summed E-state index contributed by atoms with van der Waals surface area (Å²) in [5.74, 6) is 0.488. The number of nitrogens with zero attached hydrogens (tertiary/aromatic N) is 4. The highest BCUT2D eigenvalue weighted by molar-refractivity contribution is 7.99. The Balaban J connectivity index is 1.65. The van der Waals surface area contributed by atoms with E-state index in [1.807, 2.05) is 40.7 Å². The maximum Gasteiger partial charge on any atom is 0.233 e. The predicted octanol–water partition coefficient (Wildman–Crippen LogP) is 2.31. The fourth-order valence-electron chi connectivity index (χ4n) is 2.73. The van der Waals surface area contributed by atoms with Crippen molar-refractivity contribution in [3.63, 3.8) is 0 Å². The van der Waals surface area contributed by atoms with Crippen molar-refractivity contribution in [3.05, 3.63) is 36.2 Å². The van der Waals surface area contributed by atoms with Gasteiger partial charge in [0.25, 0.3) is 0 Å². The number of morpholine rings is 1. The lowest BCUT2D eigenvalue weighted by Crippen LogP contribution is -2.46. The zero-order valence-electron chi connectivity index (χ0n) is 14.0. The summed E-state index contributed by atoms with van der Waals surface area (Å²) in [5.41, 5.74) is 2.18. The van der Waals surface area contributed by atoms with Crippen molar-refractivity contribution >= 4 is 17.7 Å². The van der Waals surface area contributed by atoms with Crippen LogP contribution < -0.4 is 0 Å². The molecule has 7 heteroatoms. The maximum absolute atomic E-state index is 12.5. The van der Waals surface area contributed by atoms with Gasteiger partial charge < -0.3 is 9.64 Å². The summed E-state index contributed by atoms with van der Waals surface area (Å²) in [5, 5.41) is 8.90. The lowest BCUT2D eigenvalue weighted by Gasteiger charge is -2.32. The lowest BCUT2D eigenvalue weighted by atomic mass is 10.2. The Bertz CT molecular complexity index is 703.